The van der Waals surface area contributed by atoms with Crippen molar-refractivity contribution in [3.8, 4) is 0 Å². The van der Waals surface area contributed by atoms with Gasteiger partial charge in [0, 0.05) is 33.5 Å². The van der Waals surface area contributed by atoms with Crippen LogP contribution in [0.4, 0.5) is 5.69 Å². The second-order valence-electron chi connectivity index (χ2n) is 4.45. The highest BCUT2D eigenvalue weighted by Gasteiger charge is 2.19. The Kier molecular flexibility index (Phi) is 3.78. The van der Waals surface area contributed by atoms with Crippen LogP contribution in [0.3, 0.4) is 0 Å². The normalized spacial score (nSPS) is 14.7. The van der Waals surface area contributed by atoms with E-state index in [1.807, 2.05) is 11.3 Å². The lowest BCUT2D eigenvalue weighted by atomic mass is 10.1. The van der Waals surface area contributed by atoms with Crippen molar-refractivity contribution in [2.75, 3.05) is 11.4 Å². The maximum absolute atomic E-state index is 3.59. The largest absolute Gasteiger partial charge is 0.367 e. The SMILES string of the molecule is BrCc1cc(Br)ccc1N1CCc2sccc2C1. The van der Waals surface area contributed by atoms with E-state index >= 15 is 0 Å². The van der Waals surface area contributed by atoms with Crippen LogP contribution in [-0.2, 0) is 18.3 Å². The first kappa shape index (κ1) is 12.7. The molecular weight excluding hydrogens is 374 g/mol. The molecule has 1 aliphatic heterocycles. The summed E-state index contributed by atoms with van der Waals surface area (Å²) in [5, 5.41) is 3.11. The van der Waals surface area contributed by atoms with Crippen LogP contribution in [0.2, 0.25) is 0 Å². The number of hydrogen-bond acceptors (Lipinski definition) is 2. The van der Waals surface area contributed by atoms with Crippen molar-refractivity contribution in [3.05, 3.63) is 50.1 Å². The second-order valence-corrected chi connectivity index (χ2v) is 6.92. The lowest BCUT2D eigenvalue weighted by molar-refractivity contribution is 0.741. The van der Waals surface area contributed by atoms with Gasteiger partial charge in [-0.3, -0.25) is 0 Å². The Hall–Kier alpha value is -0.320. The van der Waals surface area contributed by atoms with Crippen molar-refractivity contribution < 1.29 is 0 Å². The smallest absolute Gasteiger partial charge is 0.0440 e. The first-order chi connectivity index (χ1) is 8.78. The van der Waals surface area contributed by atoms with Crippen LogP contribution in [0.1, 0.15) is 16.0 Å². The highest BCUT2D eigenvalue weighted by atomic mass is 79.9. The Balaban J connectivity index is 1.93. The molecule has 1 aromatic carbocycles. The fraction of sp³-hybridized carbons (Fsp3) is 0.286. The van der Waals surface area contributed by atoms with Crippen LogP contribution < -0.4 is 4.90 Å². The number of rotatable bonds is 2. The Morgan fingerprint density at radius 3 is 3.00 bits per heavy atom. The Bertz CT molecular complexity index is 565. The van der Waals surface area contributed by atoms with E-state index in [-0.39, 0.29) is 0 Å². The second kappa shape index (κ2) is 5.35. The highest BCUT2D eigenvalue weighted by molar-refractivity contribution is 9.10. The quantitative estimate of drug-likeness (QED) is 0.658. The predicted octanol–water partition coefficient (Wildman–Crippen LogP) is 4.97. The molecule has 0 spiro atoms. The standard InChI is InChI=1S/C14H13Br2NS/c15-8-11-7-12(16)1-2-13(11)17-5-3-14-10(9-17)4-6-18-14/h1-2,4,6-7H,3,5,8-9H2. The summed E-state index contributed by atoms with van der Waals surface area (Å²) in [5.74, 6) is 0. The number of thiophene rings is 1. The molecule has 0 fully saturated rings. The van der Waals surface area contributed by atoms with E-state index in [1.165, 1.54) is 23.2 Å². The van der Waals surface area contributed by atoms with E-state index in [9.17, 15) is 0 Å². The summed E-state index contributed by atoms with van der Waals surface area (Å²) in [4.78, 5) is 4.04. The molecule has 0 N–H and O–H groups in total. The van der Waals surface area contributed by atoms with Crippen LogP contribution in [0.25, 0.3) is 0 Å². The molecule has 0 unspecified atom stereocenters. The first-order valence-electron chi connectivity index (χ1n) is 5.92. The van der Waals surface area contributed by atoms with Crippen LogP contribution in [0, 0.1) is 0 Å². The summed E-state index contributed by atoms with van der Waals surface area (Å²) in [6.07, 6.45) is 1.17. The minimum absolute atomic E-state index is 0.898. The zero-order valence-electron chi connectivity index (χ0n) is 9.83. The minimum Gasteiger partial charge on any atom is -0.367 e. The van der Waals surface area contributed by atoms with Crippen molar-refractivity contribution in [1.82, 2.24) is 0 Å². The van der Waals surface area contributed by atoms with Crippen LogP contribution in [0.15, 0.2) is 34.1 Å². The van der Waals surface area contributed by atoms with Crippen molar-refractivity contribution >= 4 is 48.9 Å². The highest BCUT2D eigenvalue weighted by Crippen LogP contribution is 2.32. The summed E-state index contributed by atoms with van der Waals surface area (Å²) in [7, 11) is 0. The van der Waals surface area contributed by atoms with Gasteiger partial charge in [0.25, 0.3) is 0 Å². The minimum atomic E-state index is 0.898. The van der Waals surface area contributed by atoms with Gasteiger partial charge in [0.1, 0.15) is 0 Å². The molecule has 2 heterocycles. The monoisotopic (exact) mass is 385 g/mol. The third-order valence-electron chi connectivity index (χ3n) is 3.33. The van der Waals surface area contributed by atoms with E-state index in [1.54, 1.807) is 4.88 Å². The summed E-state index contributed by atoms with van der Waals surface area (Å²) in [5.41, 5.74) is 4.20. The van der Waals surface area contributed by atoms with Gasteiger partial charge in [0.2, 0.25) is 0 Å². The van der Waals surface area contributed by atoms with Crippen LogP contribution in [0.5, 0.6) is 0 Å². The number of fused-ring (bicyclic) bond motifs is 1. The molecule has 0 amide bonds. The van der Waals surface area contributed by atoms with Crippen molar-refractivity contribution in [2.24, 2.45) is 0 Å². The Morgan fingerprint density at radius 2 is 2.17 bits per heavy atom. The summed E-state index contributed by atoms with van der Waals surface area (Å²) in [6, 6.07) is 8.81. The molecule has 0 atom stereocenters. The van der Waals surface area contributed by atoms with Gasteiger partial charge in [0.15, 0.2) is 0 Å². The maximum atomic E-state index is 3.59. The molecule has 1 aliphatic rings. The van der Waals surface area contributed by atoms with Crippen LogP contribution >= 0.6 is 43.2 Å². The number of nitrogens with zero attached hydrogens (tertiary/aromatic N) is 1. The van der Waals surface area contributed by atoms with Crippen molar-refractivity contribution in [3.63, 3.8) is 0 Å². The number of benzene rings is 1. The Morgan fingerprint density at radius 1 is 1.28 bits per heavy atom. The molecule has 0 aliphatic carbocycles. The molecule has 0 radical (unpaired) electrons. The summed E-state index contributed by atoms with van der Waals surface area (Å²) >= 11 is 9.02. The number of alkyl halides is 1. The molecule has 1 aromatic heterocycles. The molecular formula is C14H13Br2NS. The zero-order valence-corrected chi connectivity index (χ0v) is 13.8. The van der Waals surface area contributed by atoms with Crippen molar-refractivity contribution in [1.29, 1.82) is 0 Å². The number of anilines is 1. The first-order valence-corrected chi connectivity index (χ1v) is 8.72. The van der Waals surface area contributed by atoms with Crippen LogP contribution in [-0.4, -0.2) is 6.54 Å². The predicted molar refractivity (Wildman–Crippen MR) is 85.8 cm³/mol. The third-order valence-corrected chi connectivity index (χ3v) is 5.45. The number of hydrogen-bond donors (Lipinski definition) is 0. The molecule has 2 aromatic rings. The number of halogens is 2. The third kappa shape index (κ3) is 2.38. The molecule has 3 rings (SSSR count). The molecule has 0 bridgehead atoms. The zero-order chi connectivity index (χ0) is 12.5. The molecule has 0 saturated carbocycles. The molecule has 0 saturated heterocycles. The molecule has 18 heavy (non-hydrogen) atoms. The van der Waals surface area contributed by atoms with E-state index in [4.69, 9.17) is 0 Å². The van der Waals surface area contributed by atoms with Gasteiger partial charge < -0.3 is 4.90 Å². The fourth-order valence-corrected chi connectivity index (χ4v) is 4.17. The lowest BCUT2D eigenvalue weighted by Gasteiger charge is -2.30. The average molecular weight is 387 g/mol. The molecule has 94 valence electrons. The maximum Gasteiger partial charge on any atom is 0.0440 e. The van der Waals surface area contributed by atoms with Crippen molar-refractivity contribution in [2.45, 2.75) is 18.3 Å². The van der Waals surface area contributed by atoms with Gasteiger partial charge in [-0.05, 0) is 47.2 Å². The lowest BCUT2D eigenvalue weighted by Crippen LogP contribution is -2.30. The summed E-state index contributed by atoms with van der Waals surface area (Å²) < 4.78 is 1.15. The van der Waals surface area contributed by atoms with Gasteiger partial charge in [-0.2, -0.15) is 0 Å². The van der Waals surface area contributed by atoms with Gasteiger partial charge >= 0.3 is 0 Å². The van der Waals surface area contributed by atoms with Gasteiger partial charge in [-0.15, -0.1) is 11.3 Å². The van der Waals surface area contributed by atoms with Gasteiger partial charge in [-0.1, -0.05) is 31.9 Å². The molecule has 4 heteroatoms. The van der Waals surface area contributed by atoms with E-state index in [0.29, 0.717) is 0 Å². The van der Waals surface area contributed by atoms with E-state index in [0.717, 1.165) is 22.9 Å². The Labute approximate surface area is 128 Å². The van der Waals surface area contributed by atoms with Gasteiger partial charge in [-0.25, -0.2) is 0 Å². The molecule has 1 nitrogen and oxygen atoms in total. The van der Waals surface area contributed by atoms with E-state index < -0.39 is 0 Å². The fourth-order valence-electron chi connectivity index (χ4n) is 2.42. The average Bonchev–Trinajstić information content (AvgIpc) is 2.85. The van der Waals surface area contributed by atoms with Gasteiger partial charge in [0.05, 0.1) is 0 Å². The van der Waals surface area contributed by atoms with E-state index in [2.05, 4.69) is 66.4 Å². The summed E-state index contributed by atoms with van der Waals surface area (Å²) in [6.45, 7) is 2.16. The topological polar surface area (TPSA) is 3.24 Å².